The molecule has 1 aromatic rings. The van der Waals surface area contributed by atoms with Gasteiger partial charge in [-0.1, -0.05) is 13.8 Å². The standard InChI is InChI=1S/C13H23N5O/c1-5-15-6-11-7-16-13(17-8-11)18(4)9-10(2)12(19)14-3/h7-8,10,15H,5-6,9H2,1-4H3,(H,14,19). The summed E-state index contributed by atoms with van der Waals surface area (Å²) in [4.78, 5) is 22.0. The first-order valence-corrected chi connectivity index (χ1v) is 6.52. The lowest BCUT2D eigenvalue weighted by molar-refractivity contribution is -0.123. The molecule has 0 aliphatic heterocycles. The predicted octanol–water partition coefficient (Wildman–Crippen LogP) is 0.404. The Hall–Kier alpha value is -1.69. The Labute approximate surface area is 114 Å². The molecule has 6 heteroatoms. The van der Waals surface area contributed by atoms with E-state index in [1.54, 1.807) is 7.05 Å². The number of amides is 1. The quantitative estimate of drug-likeness (QED) is 0.747. The number of carbonyl (C=O) groups excluding carboxylic acids is 1. The van der Waals surface area contributed by atoms with Crippen molar-refractivity contribution in [2.45, 2.75) is 20.4 Å². The van der Waals surface area contributed by atoms with Crippen molar-refractivity contribution in [2.24, 2.45) is 5.92 Å². The summed E-state index contributed by atoms with van der Waals surface area (Å²) in [7, 11) is 3.53. The van der Waals surface area contributed by atoms with Crippen LogP contribution in [-0.2, 0) is 11.3 Å². The molecule has 0 fully saturated rings. The van der Waals surface area contributed by atoms with Gasteiger partial charge in [0.1, 0.15) is 0 Å². The molecule has 1 atom stereocenters. The van der Waals surface area contributed by atoms with E-state index < -0.39 is 0 Å². The molecule has 0 saturated heterocycles. The van der Waals surface area contributed by atoms with E-state index in [1.165, 1.54) is 0 Å². The molecule has 1 rings (SSSR count). The zero-order valence-electron chi connectivity index (χ0n) is 12.1. The third kappa shape index (κ3) is 4.82. The van der Waals surface area contributed by atoms with Gasteiger partial charge < -0.3 is 15.5 Å². The number of hydrogen-bond donors (Lipinski definition) is 2. The Balaban J connectivity index is 2.57. The first kappa shape index (κ1) is 15.4. The van der Waals surface area contributed by atoms with Crippen molar-refractivity contribution >= 4 is 11.9 Å². The molecule has 0 spiro atoms. The number of hydrogen-bond acceptors (Lipinski definition) is 5. The van der Waals surface area contributed by atoms with Gasteiger partial charge in [-0.15, -0.1) is 0 Å². The second-order valence-electron chi connectivity index (χ2n) is 4.57. The van der Waals surface area contributed by atoms with Gasteiger partial charge in [0.05, 0.1) is 5.92 Å². The fraction of sp³-hybridized carbons (Fsp3) is 0.615. The molecule has 0 bridgehead atoms. The third-order valence-electron chi connectivity index (χ3n) is 2.85. The second kappa shape index (κ2) is 7.68. The number of aromatic nitrogens is 2. The number of rotatable bonds is 7. The number of carbonyl (C=O) groups is 1. The highest BCUT2D eigenvalue weighted by atomic mass is 16.1. The molecule has 0 radical (unpaired) electrons. The van der Waals surface area contributed by atoms with Crippen LogP contribution in [0.15, 0.2) is 12.4 Å². The number of nitrogens with zero attached hydrogens (tertiary/aromatic N) is 3. The van der Waals surface area contributed by atoms with E-state index in [0.717, 1.165) is 18.7 Å². The van der Waals surface area contributed by atoms with Crippen LogP contribution in [0.4, 0.5) is 5.95 Å². The molecular weight excluding hydrogens is 242 g/mol. The topological polar surface area (TPSA) is 70.2 Å². The Morgan fingerprint density at radius 1 is 1.42 bits per heavy atom. The van der Waals surface area contributed by atoms with Crippen LogP contribution >= 0.6 is 0 Å². The first-order valence-electron chi connectivity index (χ1n) is 6.52. The highest BCUT2D eigenvalue weighted by molar-refractivity contribution is 5.78. The SMILES string of the molecule is CCNCc1cnc(N(C)CC(C)C(=O)NC)nc1. The molecule has 0 saturated carbocycles. The molecule has 0 aliphatic carbocycles. The smallest absolute Gasteiger partial charge is 0.225 e. The van der Waals surface area contributed by atoms with Gasteiger partial charge in [0.25, 0.3) is 0 Å². The van der Waals surface area contributed by atoms with Crippen molar-refractivity contribution in [3.05, 3.63) is 18.0 Å². The van der Waals surface area contributed by atoms with Crippen molar-refractivity contribution in [1.29, 1.82) is 0 Å². The Morgan fingerprint density at radius 2 is 2.05 bits per heavy atom. The number of nitrogens with one attached hydrogen (secondary N) is 2. The average molecular weight is 265 g/mol. The second-order valence-corrected chi connectivity index (χ2v) is 4.57. The summed E-state index contributed by atoms with van der Waals surface area (Å²) in [5.41, 5.74) is 1.05. The van der Waals surface area contributed by atoms with Crippen LogP contribution in [0.25, 0.3) is 0 Å². The molecule has 0 aromatic carbocycles. The van der Waals surface area contributed by atoms with Crippen molar-refractivity contribution in [3.8, 4) is 0 Å². The minimum atomic E-state index is -0.0972. The first-order chi connectivity index (χ1) is 9.08. The summed E-state index contributed by atoms with van der Waals surface area (Å²) in [5, 5.41) is 5.86. The lowest BCUT2D eigenvalue weighted by Gasteiger charge is -2.20. The van der Waals surface area contributed by atoms with E-state index in [1.807, 2.05) is 31.3 Å². The maximum absolute atomic E-state index is 11.5. The monoisotopic (exact) mass is 265 g/mol. The largest absolute Gasteiger partial charge is 0.359 e. The summed E-state index contributed by atoms with van der Waals surface area (Å²) in [5.74, 6) is 0.562. The molecule has 1 amide bonds. The lowest BCUT2D eigenvalue weighted by atomic mass is 10.1. The number of anilines is 1. The van der Waals surface area contributed by atoms with Crippen molar-refractivity contribution < 1.29 is 4.79 Å². The van der Waals surface area contributed by atoms with Gasteiger partial charge in [0.2, 0.25) is 11.9 Å². The highest BCUT2D eigenvalue weighted by Gasteiger charge is 2.15. The zero-order chi connectivity index (χ0) is 14.3. The molecule has 1 heterocycles. The lowest BCUT2D eigenvalue weighted by Crippen LogP contribution is -2.35. The Morgan fingerprint density at radius 3 is 2.58 bits per heavy atom. The van der Waals surface area contributed by atoms with Gasteiger partial charge in [-0.05, 0) is 6.54 Å². The third-order valence-corrected chi connectivity index (χ3v) is 2.85. The van der Waals surface area contributed by atoms with Crippen LogP contribution in [0.5, 0.6) is 0 Å². The maximum Gasteiger partial charge on any atom is 0.225 e. The average Bonchev–Trinajstić information content (AvgIpc) is 2.44. The van der Waals surface area contributed by atoms with Crippen LogP contribution in [0.2, 0.25) is 0 Å². The summed E-state index contributed by atoms with van der Waals surface area (Å²) in [6, 6.07) is 0. The molecule has 106 valence electrons. The fourth-order valence-electron chi connectivity index (χ4n) is 1.73. The van der Waals surface area contributed by atoms with Crippen molar-refractivity contribution in [1.82, 2.24) is 20.6 Å². The minimum Gasteiger partial charge on any atom is -0.359 e. The summed E-state index contributed by atoms with van der Waals surface area (Å²) < 4.78 is 0. The molecule has 0 aliphatic rings. The van der Waals surface area contributed by atoms with Crippen LogP contribution in [-0.4, -0.2) is 43.1 Å². The van der Waals surface area contributed by atoms with Gasteiger partial charge in [-0.2, -0.15) is 0 Å². The molecule has 19 heavy (non-hydrogen) atoms. The molecule has 2 N–H and O–H groups in total. The molecule has 1 unspecified atom stereocenters. The van der Waals surface area contributed by atoms with E-state index >= 15 is 0 Å². The Kier molecular flexibility index (Phi) is 6.21. The summed E-state index contributed by atoms with van der Waals surface area (Å²) >= 11 is 0. The van der Waals surface area contributed by atoms with Gasteiger partial charge in [-0.3, -0.25) is 4.79 Å². The predicted molar refractivity (Wildman–Crippen MR) is 75.9 cm³/mol. The zero-order valence-corrected chi connectivity index (χ0v) is 12.1. The Bertz CT molecular complexity index is 393. The maximum atomic E-state index is 11.5. The summed E-state index contributed by atoms with van der Waals surface area (Å²) in [6.07, 6.45) is 3.62. The van der Waals surface area contributed by atoms with Crippen molar-refractivity contribution in [2.75, 3.05) is 32.1 Å². The van der Waals surface area contributed by atoms with Crippen molar-refractivity contribution in [3.63, 3.8) is 0 Å². The molecule has 1 aromatic heterocycles. The van der Waals surface area contributed by atoms with Crippen LogP contribution in [0.1, 0.15) is 19.4 Å². The normalized spacial score (nSPS) is 12.0. The summed E-state index contributed by atoms with van der Waals surface area (Å²) in [6.45, 7) is 6.23. The van der Waals surface area contributed by atoms with E-state index in [2.05, 4.69) is 27.5 Å². The van der Waals surface area contributed by atoms with Gasteiger partial charge in [-0.25, -0.2) is 9.97 Å². The van der Waals surface area contributed by atoms with E-state index in [9.17, 15) is 4.79 Å². The van der Waals surface area contributed by atoms with E-state index in [4.69, 9.17) is 0 Å². The highest BCUT2D eigenvalue weighted by Crippen LogP contribution is 2.08. The van der Waals surface area contributed by atoms with Crippen LogP contribution in [0.3, 0.4) is 0 Å². The molecule has 6 nitrogen and oxygen atoms in total. The van der Waals surface area contributed by atoms with E-state index in [-0.39, 0.29) is 11.8 Å². The van der Waals surface area contributed by atoms with Crippen LogP contribution < -0.4 is 15.5 Å². The molecular formula is C13H23N5O. The van der Waals surface area contributed by atoms with Gasteiger partial charge in [0, 0.05) is 45.1 Å². The van der Waals surface area contributed by atoms with Crippen LogP contribution in [0, 0.1) is 5.92 Å². The fourth-order valence-corrected chi connectivity index (χ4v) is 1.73. The van der Waals surface area contributed by atoms with Gasteiger partial charge >= 0.3 is 0 Å². The minimum absolute atomic E-state index is 0.0237. The van der Waals surface area contributed by atoms with E-state index in [0.29, 0.717) is 12.5 Å². The van der Waals surface area contributed by atoms with Gasteiger partial charge in [0.15, 0.2) is 0 Å².